The van der Waals surface area contributed by atoms with Gasteiger partial charge in [0, 0.05) is 0 Å². The Labute approximate surface area is 118 Å². The Morgan fingerprint density at radius 2 is 1.76 bits per heavy atom. The van der Waals surface area contributed by atoms with E-state index in [1.54, 1.807) is 0 Å². The summed E-state index contributed by atoms with van der Waals surface area (Å²) in [5, 5.41) is 7.80. The van der Waals surface area contributed by atoms with Gasteiger partial charge in [-0.3, -0.25) is 0 Å². The van der Waals surface area contributed by atoms with Gasteiger partial charge in [0.2, 0.25) is 5.82 Å². The predicted molar refractivity (Wildman–Crippen MR) is 60.4 cm³/mol. The van der Waals surface area contributed by atoms with E-state index >= 15 is 0 Å². The van der Waals surface area contributed by atoms with Gasteiger partial charge in [-0.2, -0.15) is 31.6 Å². The maximum atomic E-state index is 12.8. The number of nitriles is 1. The Bertz CT molecular complexity index is 737. The monoisotopic (exact) mass is 327 g/mol. The molecule has 0 saturated carbocycles. The molecule has 0 aliphatic heterocycles. The summed E-state index contributed by atoms with van der Waals surface area (Å²) in [5.41, 5.74) is -2.11. The molecule has 3 nitrogen and oxygen atoms in total. The molecule has 0 amide bonds. The zero-order chi connectivity index (χ0) is 16.0. The van der Waals surface area contributed by atoms with Crippen LogP contribution in [0.5, 0.6) is 0 Å². The van der Waals surface area contributed by atoms with Gasteiger partial charge in [-0.05, 0) is 12.1 Å². The van der Waals surface area contributed by atoms with E-state index in [-0.39, 0.29) is 5.52 Å². The van der Waals surface area contributed by atoms with Gasteiger partial charge in [0.25, 0.3) is 0 Å². The van der Waals surface area contributed by atoms with E-state index in [9.17, 15) is 26.3 Å². The SMILES string of the molecule is N#CCn1c(C(F)(F)F)nc2cc(C(F)(F)F)c(Cl)cc21. The van der Waals surface area contributed by atoms with Crippen molar-refractivity contribution in [3.05, 3.63) is 28.5 Å². The summed E-state index contributed by atoms with van der Waals surface area (Å²) in [5.74, 6) is -1.45. The second-order valence-electron chi connectivity index (χ2n) is 4.00. The summed E-state index contributed by atoms with van der Waals surface area (Å²) in [6, 6.07) is 2.65. The molecule has 21 heavy (non-hydrogen) atoms. The molecule has 1 aromatic heterocycles. The highest BCUT2D eigenvalue weighted by molar-refractivity contribution is 6.32. The first-order valence-corrected chi connectivity index (χ1v) is 5.64. The van der Waals surface area contributed by atoms with Crippen molar-refractivity contribution in [1.29, 1.82) is 5.26 Å². The fraction of sp³-hybridized carbons (Fsp3) is 0.273. The van der Waals surface area contributed by atoms with Gasteiger partial charge in [0.1, 0.15) is 6.54 Å². The number of fused-ring (bicyclic) bond motifs is 1. The quantitative estimate of drug-likeness (QED) is 0.735. The van der Waals surface area contributed by atoms with E-state index in [4.69, 9.17) is 16.9 Å². The van der Waals surface area contributed by atoms with Gasteiger partial charge >= 0.3 is 12.4 Å². The Balaban J connectivity index is 2.80. The smallest absolute Gasteiger partial charge is 0.306 e. The predicted octanol–water partition coefficient (Wildman–Crippen LogP) is 4.25. The third-order valence-electron chi connectivity index (χ3n) is 2.62. The second kappa shape index (κ2) is 4.80. The van der Waals surface area contributed by atoms with Crippen LogP contribution >= 0.6 is 11.6 Å². The molecule has 0 fully saturated rings. The van der Waals surface area contributed by atoms with Gasteiger partial charge in [-0.25, -0.2) is 4.98 Å². The summed E-state index contributed by atoms with van der Waals surface area (Å²) >= 11 is 5.46. The molecular weight excluding hydrogens is 324 g/mol. The van der Waals surface area contributed by atoms with E-state index in [2.05, 4.69) is 4.98 Å². The highest BCUT2D eigenvalue weighted by atomic mass is 35.5. The molecule has 112 valence electrons. The Hall–Kier alpha value is -1.95. The Morgan fingerprint density at radius 1 is 1.14 bits per heavy atom. The van der Waals surface area contributed by atoms with Crippen LogP contribution in [-0.2, 0) is 18.9 Å². The summed E-state index contributed by atoms with van der Waals surface area (Å²) in [6.07, 6.45) is -9.72. The average Bonchev–Trinajstić information content (AvgIpc) is 2.66. The molecule has 0 aliphatic rings. The van der Waals surface area contributed by atoms with Gasteiger partial charge in [0.05, 0.1) is 27.7 Å². The molecule has 0 aliphatic carbocycles. The van der Waals surface area contributed by atoms with E-state index in [0.717, 1.165) is 6.07 Å². The third kappa shape index (κ3) is 2.76. The maximum absolute atomic E-state index is 12.8. The minimum Gasteiger partial charge on any atom is -0.306 e. The van der Waals surface area contributed by atoms with E-state index in [1.165, 1.54) is 6.07 Å². The van der Waals surface area contributed by atoms with Crippen molar-refractivity contribution in [2.24, 2.45) is 0 Å². The highest BCUT2D eigenvalue weighted by Gasteiger charge is 2.39. The van der Waals surface area contributed by atoms with Crippen molar-refractivity contribution < 1.29 is 26.3 Å². The largest absolute Gasteiger partial charge is 0.449 e. The van der Waals surface area contributed by atoms with Crippen LogP contribution in [0, 0.1) is 11.3 Å². The Kier molecular flexibility index (Phi) is 3.53. The molecule has 0 spiro atoms. The molecule has 0 atom stereocenters. The van der Waals surface area contributed by atoms with Crippen LogP contribution < -0.4 is 0 Å². The first kappa shape index (κ1) is 15.4. The van der Waals surface area contributed by atoms with Gasteiger partial charge in [-0.1, -0.05) is 11.6 Å². The van der Waals surface area contributed by atoms with Gasteiger partial charge in [-0.15, -0.1) is 0 Å². The summed E-state index contributed by atoms with van der Waals surface area (Å²) < 4.78 is 76.9. The average molecular weight is 328 g/mol. The molecule has 0 N–H and O–H groups in total. The first-order chi connectivity index (χ1) is 9.55. The zero-order valence-corrected chi connectivity index (χ0v) is 10.6. The van der Waals surface area contributed by atoms with Crippen LogP contribution in [0.1, 0.15) is 11.4 Å². The second-order valence-corrected chi connectivity index (χ2v) is 4.40. The lowest BCUT2D eigenvalue weighted by atomic mass is 10.2. The Morgan fingerprint density at radius 3 is 2.24 bits per heavy atom. The number of hydrogen-bond donors (Lipinski definition) is 0. The van der Waals surface area contributed by atoms with Crippen molar-refractivity contribution >= 4 is 22.6 Å². The zero-order valence-electron chi connectivity index (χ0n) is 9.85. The molecule has 1 heterocycles. The number of nitrogens with zero attached hydrogens (tertiary/aromatic N) is 3. The number of rotatable bonds is 1. The van der Waals surface area contributed by atoms with Crippen LogP contribution in [0.4, 0.5) is 26.3 Å². The fourth-order valence-electron chi connectivity index (χ4n) is 1.81. The van der Waals surface area contributed by atoms with Gasteiger partial charge < -0.3 is 4.57 Å². The molecule has 2 aromatic rings. The van der Waals surface area contributed by atoms with Crippen LogP contribution in [0.2, 0.25) is 5.02 Å². The normalized spacial score (nSPS) is 12.7. The highest BCUT2D eigenvalue weighted by Crippen LogP contribution is 2.39. The molecule has 2 rings (SSSR count). The molecule has 0 saturated heterocycles. The van der Waals surface area contributed by atoms with Gasteiger partial charge in [0.15, 0.2) is 0 Å². The third-order valence-corrected chi connectivity index (χ3v) is 2.94. The minimum atomic E-state index is -4.90. The van der Waals surface area contributed by atoms with E-state index in [0.29, 0.717) is 10.6 Å². The molecule has 0 bridgehead atoms. The lowest BCUT2D eigenvalue weighted by molar-refractivity contribution is -0.146. The maximum Gasteiger partial charge on any atom is 0.449 e. The van der Waals surface area contributed by atoms with Crippen LogP contribution in [0.25, 0.3) is 11.0 Å². The lowest BCUT2D eigenvalue weighted by Gasteiger charge is -2.09. The topological polar surface area (TPSA) is 41.6 Å². The number of hydrogen-bond acceptors (Lipinski definition) is 2. The molecular formula is C11H4ClF6N3. The number of halogens is 7. The van der Waals surface area contributed by atoms with Crippen molar-refractivity contribution in [3.8, 4) is 6.07 Å². The number of aromatic nitrogens is 2. The standard InChI is InChI=1S/C11H4ClF6N3/c12-6-4-8-7(3-5(6)10(13,14)15)20-9(11(16,17)18)21(8)2-1-19/h3-4H,2H2. The summed E-state index contributed by atoms with van der Waals surface area (Å²) in [6.45, 7) is -0.715. The molecule has 0 unspecified atom stereocenters. The molecule has 0 radical (unpaired) electrons. The minimum absolute atomic E-state index is 0.290. The van der Waals surface area contributed by atoms with Crippen molar-refractivity contribution in [3.63, 3.8) is 0 Å². The number of imidazole rings is 1. The van der Waals surface area contributed by atoms with Crippen LogP contribution in [-0.4, -0.2) is 9.55 Å². The van der Waals surface area contributed by atoms with Crippen LogP contribution in [0.15, 0.2) is 12.1 Å². The van der Waals surface area contributed by atoms with Crippen molar-refractivity contribution in [2.45, 2.75) is 18.9 Å². The molecule has 10 heteroatoms. The first-order valence-electron chi connectivity index (χ1n) is 5.27. The van der Waals surface area contributed by atoms with Crippen molar-refractivity contribution in [1.82, 2.24) is 9.55 Å². The van der Waals surface area contributed by atoms with Crippen LogP contribution in [0.3, 0.4) is 0 Å². The summed E-state index contributed by atoms with van der Waals surface area (Å²) in [7, 11) is 0. The fourth-order valence-corrected chi connectivity index (χ4v) is 2.08. The number of alkyl halides is 6. The molecule has 1 aromatic carbocycles. The number of benzene rings is 1. The van der Waals surface area contributed by atoms with E-state index < -0.39 is 40.8 Å². The van der Waals surface area contributed by atoms with E-state index in [1.807, 2.05) is 0 Å². The summed E-state index contributed by atoms with van der Waals surface area (Å²) in [4.78, 5) is 3.15. The lowest BCUT2D eigenvalue weighted by Crippen LogP contribution is -2.14. The van der Waals surface area contributed by atoms with Crippen molar-refractivity contribution in [2.75, 3.05) is 0 Å².